The number of carbonyl (C=O) groups is 1. The monoisotopic (exact) mass is 454 g/mol. The average Bonchev–Trinajstić information content (AvgIpc) is 3.49. The summed E-state index contributed by atoms with van der Waals surface area (Å²) in [5, 5.41) is 16.2. The van der Waals surface area contributed by atoms with Crippen molar-refractivity contribution < 1.29 is 14.6 Å². The van der Waals surface area contributed by atoms with E-state index in [4.69, 9.17) is 9.84 Å². The molecule has 0 spiro atoms. The van der Waals surface area contributed by atoms with Crippen LogP contribution in [0.2, 0.25) is 0 Å². The lowest BCUT2D eigenvalue weighted by Gasteiger charge is -2.26. The number of H-pyrrole nitrogens is 2. The van der Waals surface area contributed by atoms with Gasteiger partial charge in [-0.1, -0.05) is 0 Å². The highest BCUT2D eigenvalue weighted by molar-refractivity contribution is 5.93. The Morgan fingerprint density at radius 1 is 0.941 bits per heavy atom. The Kier molecular flexibility index (Phi) is 4.94. The highest BCUT2D eigenvalue weighted by Crippen LogP contribution is 2.29. The molecular weight excluding hydrogens is 432 g/mol. The molecule has 1 aromatic carbocycles. The molecule has 3 N–H and O–H groups in total. The smallest absolute Gasteiger partial charge is 0.306 e. The molecule has 9 nitrogen and oxygen atoms in total. The number of hydrogen-bond acceptors (Lipinski definition) is 6. The van der Waals surface area contributed by atoms with E-state index in [1.165, 1.54) is 0 Å². The normalized spacial score (nSPS) is 18.4. The van der Waals surface area contributed by atoms with Crippen LogP contribution in [0.4, 0.5) is 0 Å². The minimum absolute atomic E-state index is 0.0116. The van der Waals surface area contributed by atoms with E-state index < -0.39 is 5.97 Å². The molecule has 0 amide bonds. The van der Waals surface area contributed by atoms with Gasteiger partial charge in [0.15, 0.2) is 5.82 Å². The van der Waals surface area contributed by atoms with Crippen molar-refractivity contribution in [3.8, 4) is 28.5 Å². The quantitative estimate of drug-likeness (QED) is 0.354. The van der Waals surface area contributed by atoms with Gasteiger partial charge in [-0.05, 0) is 56.0 Å². The summed E-state index contributed by atoms with van der Waals surface area (Å²) in [6, 6.07) is 11.6. The number of rotatable bonds is 5. The first-order valence-corrected chi connectivity index (χ1v) is 11.3. The average molecular weight is 454 g/mol. The van der Waals surface area contributed by atoms with Crippen molar-refractivity contribution in [1.29, 1.82) is 0 Å². The minimum Gasteiger partial charge on any atom is -0.481 e. The molecule has 0 atom stereocenters. The fraction of sp³-hybridized carbons (Fsp3) is 0.240. The van der Waals surface area contributed by atoms with Crippen molar-refractivity contribution in [3.05, 3.63) is 55.0 Å². The van der Waals surface area contributed by atoms with Crippen molar-refractivity contribution in [2.75, 3.05) is 0 Å². The largest absolute Gasteiger partial charge is 0.481 e. The number of hydrogen-bond donors (Lipinski definition) is 3. The number of benzene rings is 1. The predicted octanol–water partition coefficient (Wildman–Crippen LogP) is 4.59. The van der Waals surface area contributed by atoms with Gasteiger partial charge in [-0.2, -0.15) is 0 Å². The third kappa shape index (κ3) is 3.85. The van der Waals surface area contributed by atoms with Gasteiger partial charge >= 0.3 is 5.97 Å². The molecule has 34 heavy (non-hydrogen) atoms. The van der Waals surface area contributed by atoms with E-state index in [1.807, 2.05) is 42.6 Å². The van der Waals surface area contributed by atoms with E-state index in [1.54, 1.807) is 12.4 Å². The first-order chi connectivity index (χ1) is 16.6. The second-order valence-corrected chi connectivity index (χ2v) is 8.64. The summed E-state index contributed by atoms with van der Waals surface area (Å²) in [6.45, 7) is 0. The Morgan fingerprint density at radius 3 is 2.41 bits per heavy atom. The van der Waals surface area contributed by atoms with Crippen molar-refractivity contribution in [2.45, 2.75) is 31.8 Å². The maximum Gasteiger partial charge on any atom is 0.306 e. The van der Waals surface area contributed by atoms with Crippen molar-refractivity contribution in [3.63, 3.8) is 0 Å². The number of nitrogens with one attached hydrogen (secondary N) is 2. The van der Waals surface area contributed by atoms with E-state index in [9.17, 15) is 4.79 Å². The lowest BCUT2D eigenvalue weighted by atomic mass is 9.87. The molecule has 5 aromatic rings. The number of aromatic amines is 2. The lowest BCUT2D eigenvalue weighted by molar-refractivity contribution is -0.143. The maximum atomic E-state index is 11.1. The van der Waals surface area contributed by atoms with E-state index in [-0.39, 0.29) is 12.0 Å². The number of fused-ring (bicyclic) bond motifs is 2. The van der Waals surface area contributed by atoms with Crippen LogP contribution in [0.15, 0.2) is 55.0 Å². The van der Waals surface area contributed by atoms with Gasteiger partial charge in [-0.25, -0.2) is 15.0 Å². The SMILES string of the molecule is O=C(O)C1CCC(Oc2ccc(-c3ccc(-c4nc5cc6c[nH][nH]c6cc5n4)cn3)cn2)CC1. The van der Waals surface area contributed by atoms with Crippen LogP contribution >= 0.6 is 0 Å². The number of ether oxygens (including phenoxy) is 1. The zero-order valence-electron chi connectivity index (χ0n) is 18.2. The number of nitrogens with zero attached hydrogens (tertiary/aromatic N) is 4. The summed E-state index contributed by atoms with van der Waals surface area (Å²) in [5.74, 6) is 0.222. The summed E-state index contributed by atoms with van der Waals surface area (Å²) < 4.78 is 5.96. The Hall–Kier alpha value is -4.27. The predicted molar refractivity (Wildman–Crippen MR) is 126 cm³/mol. The highest BCUT2D eigenvalue weighted by Gasteiger charge is 2.27. The van der Waals surface area contributed by atoms with E-state index >= 15 is 0 Å². The zero-order valence-corrected chi connectivity index (χ0v) is 18.2. The minimum atomic E-state index is -0.713. The van der Waals surface area contributed by atoms with Crippen LogP contribution in [-0.2, 0) is 4.79 Å². The Bertz CT molecular complexity index is 1420. The van der Waals surface area contributed by atoms with Crippen molar-refractivity contribution >= 4 is 27.9 Å². The van der Waals surface area contributed by atoms with Gasteiger partial charge < -0.3 is 20.0 Å². The van der Waals surface area contributed by atoms with Crippen molar-refractivity contribution in [1.82, 2.24) is 30.1 Å². The van der Waals surface area contributed by atoms with Crippen LogP contribution in [0.5, 0.6) is 5.88 Å². The number of carboxylic acid groups (broad SMARTS) is 1. The number of imidazole rings is 1. The summed E-state index contributed by atoms with van der Waals surface area (Å²) in [5.41, 5.74) is 5.19. The molecule has 4 aromatic heterocycles. The lowest BCUT2D eigenvalue weighted by Crippen LogP contribution is -2.28. The van der Waals surface area contributed by atoms with Crippen LogP contribution in [0.1, 0.15) is 25.7 Å². The molecule has 0 saturated heterocycles. The summed E-state index contributed by atoms with van der Waals surface area (Å²) >= 11 is 0. The second kappa shape index (κ2) is 8.26. The molecule has 1 aliphatic carbocycles. The molecule has 170 valence electrons. The summed E-state index contributed by atoms with van der Waals surface area (Å²) in [4.78, 5) is 29.4. The van der Waals surface area contributed by atoms with Crippen LogP contribution < -0.4 is 4.74 Å². The van der Waals surface area contributed by atoms with Gasteiger partial charge in [0.1, 0.15) is 6.10 Å². The molecular formula is C25H22N6O3. The van der Waals surface area contributed by atoms with Gasteiger partial charge in [0.25, 0.3) is 0 Å². The molecule has 1 aliphatic rings. The molecule has 0 unspecified atom stereocenters. The van der Waals surface area contributed by atoms with Crippen LogP contribution in [0.3, 0.4) is 0 Å². The Morgan fingerprint density at radius 2 is 1.71 bits per heavy atom. The first-order valence-electron chi connectivity index (χ1n) is 11.3. The summed E-state index contributed by atoms with van der Waals surface area (Å²) in [7, 11) is 0. The molecule has 6 rings (SSSR count). The van der Waals surface area contributed by atoms with Gasteiger partial charge in [-0.15, -0.1) is 0 Å². The van der Waals surface area contributed by atoms with E-state index in [0.29, 0.717) is 24.5 Å². The van der Waals surface area contributed by atoms with Crippen molar-refractivity contribution in [2.24, 2.45) is 5.92 Å². The number of aliphatic carboxylic acids is 1. The van der Waals surface area contributed by atoms with Gasteiger partial charge in [-0.3, -0.25) is 9.78 Å². The fourth-order valence-corrected chi connectivity index (χ4v) is 4.47. The molecule has 9 heteroatoms. The third-order valence-corrected chi connectivity index (χ3v) is 6.40. The van der Waals surface area contributed by atoms with Gasteiger partial charge in [0.05, 0.1) is 28.2 Å². The number of aromatic nitrogens is 6. The van der Waals surface area contributed by atoms with Crippen LogP contribution in [-0.4, -0.2) is 47.3 Å². The number of pyridine rings is 2. The van der Waals surface area contributed by atoms with Crippen LogP contribution in [0, 0.1) is 5.92 Å². The molecule has 1 fully saturated rings. The van der Waals surface area contributed by atoms with E-state index in [2.05, 4.69) is 30.1 Å². The second-order valence-electron chi connectivity index (χ2n) is 8.64. The fourth-order valence-electron chi connectivity index (χ4n) is 4.47. The van der Waals surface area contributed by atoms with Crippen LogP contribution in [0.25, 0.3) is 44.6 Å². The summed E-state index contributed by atoms with van der Waals surface area (Å²) in [6.07, 6.45) is 8.18. The van der Waals surface area contributed by atoms with E-state index in [0.717, 1.165) is 51.6 Å². The topological polar surface area (TPSA) is 130 Å². The standard InChI is InChI=1S/C25H22N6O3/c32-25(33)14-1-5-18(6-2-14)34-23-8-4-15(11-27-23)19-7-3-16(12-26-19)24-29-21-9-17-13-28-31-20(17)10-22(21)30-24/h3-4,7-14,18,28,31H,1-2,5-6H2,(H,32,33). The molecule has 0 radical (unpaired) electrons. The molecule has 0 bridgehead atoms. The molecule has 1 saturated carbocycles. The number of carboxylic acids is 1. The Labute approximate surface area is 194 Å². The van der Waals surface area contributed by atoms with Gasteiger partial charge in [0.2, 0.25) is 5.88 Å². The Balaban J connectivity index is 1.15. The zero-order chi connectivity index (χ0) is 23.1. The first kappa shape index (κ1) is 20.3. The highest BCUT2D eigenvalue weighted by atomic mass is 16.5. The van der Waals surface area contributed by atoms with Gasteiger partial charge in [0, 0.05) is 41.2 Å². The third-order valence-electron chi connectivity index (χ3n) is 6.40. The maximum absolute atomic E-state index is 11.1. The molecule has 0 aliphatic heterocycles. The molecule has 4 heterocycles.